The fraction of sp³-hybridized carbons (Fsp3) is 0.391. The van der Waals surface area contributed by atoms with Crippen molar-refractivity contribution in [2.75, 3.05) is 24.5 Å². The second-order valence-corrected chi connectivity index (χ2v) is 7.71. The van der Waals surface area contributed by atoms with Gasteiger partial charge in [-0.25, -0.2) is 0 Å². The highest BCUT2D eigenvalue weighted by molar-refractivity contribution is 6.15. The number of piperazine rings is 1. The maximum Gasteiger partial charge on any atom is 0.0694 e. The summed E-state index contributed by atoms with van der Waals surface area (Å²) in [6.45, 7) is 7.53. The number of aliphatic imine (C=N–C) groups is 1. The first kappa shape index (κ1) is 17.9. The molecule has 2 aliphatic heterocycles. The second kappa shape index (κ2) is 8.05. The first-order chi connectivity index (χ1) is 13.2. The van der Waals surface area contributed by atoms with Crippen LogP contribution in [0.1, 0.15) is 37.8 Å². The van der Waals surface area contributed by atoms with Crippen LogP contribution in [0.25, 0.3) is 6.08 Å². The lowest BCUT2D eigenvalue weighted by Crippen LogP contribution is -2.54. The first-order valence-corrected chi connectivity index (χ1v) is 9.96. The summed E-state index contributed by atoms with van der Waals surface area (Å²) in [5.41, 5.74) is 6.07. The lowest BCUT2D eigenvalue weighted by molar-refractivity contribution is 0.407. The van der Waals surface area contributed by atoms with E-state index < -0.39 is 0 Å². The van der Waals surface area contributed by atoms with Gasteiger partial charge in [-0.1, -0.05) is 12.1 Å². The summed E-state index contributed by atoms with van der Waals surface area (Å²) in [6, 6.07) is 14.1. The number of rotatable bonds is 3. The molecule has 2 atom stereocenters. The third-order valence-corrected chi connectivity index (χ3v) is 5.27. The summed E-state index contributed by atoms with van der Waals surface area (Å²) in [7, 11) is 0. The van der Waals surface area contributed by atoms with Gasteiger partial charge in [-0.3, -0.25) is 9.98 Å². The highest BCUT2D eigenvalue weighted by Gasteiger charge is 2.21. The molecule has 4 nitrogen and oxygen atoms in total. The summed E-state index contributed by atoms with van der Waals surface area (Å²) >= 11 is 0. The van der Waals surface area contributed by atoms with Crippen LogP contribution in [0.3, 0.4) is 0 Å². The van der Waals surface area contributed by atoms with Gasteiger partial charge in [0.05, 0.1) is 5.71 Å². The van der Waals surface area contributed by atoms with Crippen molar-refractivity contribution in [3.63, 3.8) is 0 Å². The number of pyridine rings is 1. The Bertz CT molecular complexity index is 813. The summed E-state index contributed by atoms with van der Waals surface area (Å²) in [5.74, 6) is 0. The van der Waals surface area contributed by atoms with E-state index in [0.29, 0.717) is 12.1 Å². The van der Waals surface area contributed by atoms with E-state index >= 15 is 0 Å². The van der Waals surface area contributed by atoms with E-state index in [1.807, 2.05) is 18.5 Å². The molecule has 3 heterocycles. The van der Waals surface area contributed by atoms with E-state index in [0.717, 1.165) is 43.8 Å². The zero-order valence-corrected chi connectivity index (χ0v) is 16.2. The van der Waals surface area contributed by atoms with Crippen LogP contribution < -0.4 is 10.2 Å². The van der Waals surface area contributed by atoms with Crippen LogP contribution in [0, 0.1) is 0 Å². The highest BCUT2D eigenvalue weighted by atomic mass is 15.2. The Hall–Kier alpha value is -2.46. The van der Waals surface area contributed by atoms with Crippen molar-refractivity contribution in [3.8, 4) is 0 Å². The zero-order valence-electron chi connectivity index (χ0n) is 16.2. The molecule has 2 aromatic rings. The van der Waals surface area contributed by atoms with Gasteiger partial charge in [0.25, 0.3) is 0 Å². The number of benzene rings is 1. The molecule has 1 N–H and O–H groups in total. The molecule has 4 heteroatoms. The van der Waals surface area contributed by atoms with Gasteiger partial charge in [-0.15, -0.1) is 0 Å². The van der Waals surface area contributed by atoms with E-state index in [1.54, 1.807) is 0 Å². The number of hydrogen-bond acceptors (Lipinski definition) is 4. The lowest BCUT2D eigenvalue weighted by atomic mass is 9.95. The van der Waals surface area contributed by atoms with Crippen LogP contribution >= 0.6 is 0 Å². The molecule has 1 fully saturated rings. The topological polar surface area (TPSA) is 40.5 Å². The van der Waals surface area contributed by atoms with Crippen LogP contribution in [-0.4, -0.2) is 42.4 Å². The average molecular weight is 361 g/mol. The molecule has 1 aromatic heterocycles. The Morgan fingerprint density at radius 3 is 2.56 bits per heavy atom. The summed E-state index contributed by atoms with van der Waals surface area (Å²) in [4.78, 5) is 11.5. The van der Waals surface area contributed by atoms with E-state index in [-0.39, 0.29) is 0 Å². The molecule has 27 heavy (non-hydrogen) atoms. The third kappa shape index (κ3) is 4.28. The molecule has 0 radical (unpaired) electrons. The molecule has 0 amide bonds. The van der Waals surface area contributed by atoms with Crippen molar-refractivity contribution in [1.29, 1.82) is 0 Å². The van der Waals surface area contributed by atoms with E-state index in [9.17, 15) is 0 Å². The molecule has 1 aromatic carbocycles. The SMILES string of the molecule is C[C@@H]1CN(c2ccc(C=C3CCCN=C3c3cccnc3)cc2)C[C@H](C)N1. The quantitative estimate of drug-likeness (QED) is 0.901. The van der Waals surface area contributed by atoms with Gasteiger partial charge in [-0.2, -0.15) is 0 Å². The van der Waals surface area contributed by atoms with Gasteiger partial charge in [-0.05, 0) is 68.2 Å². The van der Waals surface area contributed by atoms with Crippen LogP contribution in [0.2, 0.25) is 0 Å². The van der Waals surface area contributed by atoms with Crippen molar-refractivity contribution in [1.82, 2.24) is 10.3 Å². The van der Waals surface area contributed by atoms with Crippen molar-refractivity contribution in [2.24, 2.45) is 4.99 Å². The normalized spacial score (nSPS) is 24.7. The number of nitrogens with one attached hydrogen (secondary N) is 1. The standard InChI is InChI=1S/C23H28N4/c1-17-15-27(16-18(2)26-17)22-9-7-19(8-10-22)13-20-5-4-12-25-23(20)21-6-3-11-24-14-21/h3,6-11,13-14,17-18,26H,4-5,12,15-16H2,1-2H3/t17-,18+. The largest absolute Gasteiger partial charge is 0.368 e. The number of anilines is 1. The first-order valence-electron chi connectivity index (χ1n) is 9.96. The Kier molecular flexibility index (Phi) is 5.35. The second-order valence-electron chi connectivity index (χ2n) is 7.71. The molecule has 0 saturated carbocycles. The van der Waals surface area contributed by atoms with Gasteiger partial charge < -0.3 is 10.2 Å². The van der Waals surface area contributed by atoms with Crippen molar-refractivity contribution in [2.45, 2.75) is 38.8 Å². The lowest BCUT2D eigenvalue weighted by Gasteiger charge is -2.37. The van der Waals surface area contributed by atoms with Crippen molar-refractivity contribution in [3.05, 3.63) is 65.5 Å². The molecule has 140 valence electrons. The minimum atomic E-state index is 0.524. The van der Waals surface area contributed by atoms with Crippen LogP contribution in [0.4, 0.5) is 5.69 Å². The Morgan fingerprint density at radius 2 is 1.85 bits per heavy atom. The van der Waals surface area contributed by atoms with E-state index in [2.05, 4.69) is 65.5 Å². The molecule has 0 bridgehead atoms. The maximum absolute atomic E-state index is 4.78. The Balaban J connectivity index is 1.55. The van der Waals surface area contributed by atoms with Gasteiger partial charge >= 0.3 is 0 Å². The van der Waals surface area contributed by atoms with Gasteiger partial charge in [0.2, 0.25) is 0 Å². The summed E-state index contributed by atoms with van der Waals surface area (Å²) in [5, 5.41) is 3.60. The van der Waals surface area contributed by atoms with Crippen LogP contribution in [0.5, 0.6) is 0 Å². The highest BCUT2D eigenvalue weighted by Crippen LogP contribution is 2.24. The number of hydrogen-bond donors (Lipinski definition) is 1. The van der Waals surface area contributed by atoms with E-state index in [4.69, 9.17) is 4.99 Å². The smallest absolute Gasteiger partial charge is 0.0694 e. The van der Waals surface area contributed by atoms with E-state index in [1.165, 1.54) is 16.8 Å². The number of nitrogens with zero attached hydrogens (tertiary/aromatic N) is 3. The zero-order chi connectivity index (χ0) is 18.6. The van der Waals surface area contributed by atoms with Gasteiger partial charge in [0.1, 0.15) is 0 Å². The van der Waals surface area contributed by atoms with Crippen molar-refractivity contribution >= 4 is 17.5 Å². The minimum Gasteiger partial charge on any atom is -0.368 e. The average Bonchev–Trinajstić information content (AvgIpc) is 2.69. The molecular weight excluding hydrogens is 332 g/mol. The minimum absolute atomic E-state index is 0.524. The summed E-state index contributed by atoms with van der Waals surface area (Å²) < 4.78 is 0. The monoisotopic (exact) mass is 360 g/mol. The molecular formula is C23H28N4. The van der Waals surface area contributed by atoms with Gasteiger partial charge in [0.15, 0.2) is 0 Å². The molecule has 4 rings (SSSR count). The van der Waals surface area contributed by atoms with Crippen LogP contribution in [-0.2, 0) is 0 Å². The third-order valence-electron chi connectivity index (χ3n) is 5.27. The number of allylic oxidation sites excluding steroid dienone is 1. The van der Waals surface area contributed by atoms with Crippen LogP contribution in [0.15, 0.2) is 59.4 Å². The Labute approximate surface area is 162 Å². The summed E-state index contributed by atoms with van der Waals surface area (Å²) in [6.07, 6.45) is 8.20. The fourth-order valence-corrected chi connectivity index (χ4v) is 4.12. The predicted molar refractivity (Wildman–Crippen MR) is 114 cm³/mol. The maximum atomic E-state index is 4.78. The molecule has 0 unspecified atom stereocenters. The fourth-order valence-electron chi connectivity index (χ4n) is 4.12. The van der Waals surface area contributed by atoms with Gasteiger partial charge in [0, 0.05) is 55.4 Å². The predicted octanol–water partition coefficient (Wildman–Crippen LogP) is 3.93. The molecule has 0 spiro atoms. The molecule has 2 aliphatic rings. The Morgan fingerprint density at radius 1 is 1.07 bits per heavy atom. The number of aromatic nitrogens is 1. The molecule has 1 saturated heterocycles. The molecule has 0 aliphatic carbocycles. The van der Waals surface area contributed by atoms with Crippen molar-refractivity contribution < 1.29 is 0 Å².